The summed E-state index contributed by atoms with van der Waals surface area (Å²) in [5.41, 5.74) is -0.213. The highest BCUT2D eigenvalue weighted by Gasteiger charge is 2.27. The molecule has 0 saturated heterocycles. The first kappa shape index (κ1) is 18.4. The van der Waals surface area contributed by atoms with Gasteiger partial charge in [-0.2, -0.15) is 0 Å². The van der Waals surface area contributed by atoms with E-state index in [-0.39, 0.29) is 28.2 Å². The lowest BCUT2D eigenvalue weighted by Gasteiger charge is -2.29. The van der Waals surface area contributed by atoms with Crippen LogP contribution in [0.25, 0.3) is 0 Å². The molecule has 1 aliphatic rings. The van der Waals surface area contributed by atoms with Crippen molar-refractivity contribution in [2.45, 2.75) is 11.8 Å². The number of ether oxygens (including phenoxy) is 1. The summed E-state index contributed by atoms with van der Waals surface area (Å²) in [5, 5.41) is -0.190. The molecule has 138 valence electrons. The van der Waals surface area contributed by atoms with Gasteiger partial charge in [0.15, 0.2) is 0 Å². The molecule has 0 fully saturated rings. The van der Waals surface area contributed by atoms with Gasteiger partial charge in [-0.1, -0.05) is 11.6 Å². The second-order valence-electron chi connectivity index (χ2n) is 5.50. The van der Waals surface area contributed by atoms with E-state index in [1.807, 2.05) is 4.72 Å². The normalized spacial score (nSPS) is 13.8. The number of amides is 1. The number of rotatable bonds is 3. The molecule has 1 aliphatic heterocycles. The van der Waals surface area contributed by atoms with Crippen LogP contribution >= 0.6 is 11.6 Å². The molecule has 0 saturated carbocycles. The van der Waals surface area contributed by atoms with Crippen LogP contribution in [0.15, 0.2) is 35.2 Å². The summed E-state index contributed by atoms with van der Waals surface area (Å²) in [5.74, 6) is -1.85. The Morgan fingerprint density at radius 1 is 1.27 bits per heavy atom. The van der Waals surface area contributed by atoms with E-state index in [1.54, 1.807) is 0 Å². The molecule has 0 bridgehead atoms. The van der Waals surface area contributed by atoms with Crippen LogP contribution in [0, 0.1) is 11.6 Å². The van der Waals surface area contributed by atoms with E-state index >= 15 is 0 Å². The first-order chi connectivity index (χ1) is 12.2. The van der Waals surface area contributed by atoms with Gasteiger partial charge >= 0.3 is 0 Å². The van der Waals surface area contributed by atoms with Gasteiger partial charge in [-0.05, 0) is 18.2 Å². The van der Waals surface area contributed by atoms with Gasteiger partial charge in [-0.3, -0.25) is 9.52 Å². The van der Waals surface area contributed by atoms with Crippen LogP contribution in [-0.4, -0.2) is 27.5 Å². The molecular formula is C16H13ClF2N2O4S. The lowest BCUT2D eigenvalue weighted by Crippen LogP contribution is -2.36. The molecule has 0 unspecified atom stereocenters. The smallest absolute Gasteiger partial charge is 0.263 e. The Morgan fingerprint density at radius 2 is 2.00 bits per heavy atom. The lowest BCUT2D eigenvalue weighted by atomic mass is 10.2. The number of benzene rings is 2. The number of carbonyl (C=O) groups excluding carboxylic acids is 1. The zero-order chi connectivity index (χ0) is 19.1. The Kier molecular flexibility index (Phi) is 4.76. The van der Waals surface area contributed by atoms with E-state index in [0.717, 1.165) is 18.2 Å². The number of halogens is 3. The highest BCUT2D eigenvalue weighted by atomic mass is 35.5. The van der Waals surface area contributed by atoms with Gasteiger partial charge in [0.25, 0.3) is 10.0 Å². The molecular weight excluding hydrogens is 390 g/mol. The lowest BCUT2D eigenvalue weighted by molar-refractivity contribution is -0.116. The number of sulfonamides is 1. The molecule has 2 aromatic carbocycles. The summed E-state index contributed by atoms with van der Waals surface area (Å²) in [7, 11) is -4.33. The Morgan fingerprint density at radius 3 is 2.69 bits per heavy atom. The van der Waals surface area contributed by atoms with Crippen molar-refractivity contribution in [3.63, 3.8) is 0 Å². The molecule has 0 aliphatic carbocycles. The number of carbonyl (C=O) groups is 1. The van der Waals surface area contributed by atoms with Crippen molar-refractivity contribution in [3.8, 4) is 5.75 Å². The van der Waals surface area contributed by atoms with Crippen LogP contribution < -0.4 is 14.4 Å². The maximum atomic E-state index is 13.7. The summed E-state index contributed by atoms with van der Waals surface area (Å²) in [6.45, 7) is 1.85. The van der Waals surface area contributed by atoms with Crippen molar-refractivity contribution < 1.29 is 26.7 Å². The first-order valence-corrected chi connectivity index (χ1v) is 9.27. The van der Waals surface area contributed by atoms with E-state index in [2.05, 4.69) is 0 Å². The third kappa shape index (κ3) is 3.45. The molecule has 0 aromatic heterocycles. The van der Waals surface area contributed by atoms with Crippen molar-refractivity contribution in [2.24, 2.45) is 0 Å². The first-order valence-electron chi connectivity index (χ1n) is 7.41. The number of anilines is 2. The second-order valence-corrected chi connectivity index (χ2v) is 7.56. The zero-order valence-corrected chi connectivity index (χ0v) is 15.0. The SMILES string of the molecule is CC(=O)N1CCOc2cc(S(=O)(=O)Nc3cc(F)ccc3F)c(Cl)cc21. The summed E-state index contributed by atoms with van der Waals surface area (Å²) < 4.78 is 59.5. The van der Waals surface area contributed by atoms with Crippen molar-refractivity contribution in [1.82, 2.24) is 0 Å². The van der Waals surface area contributed by atoms with Crippen molar-refractivity contribution in [2.75, 3.05) is 22.8 Å². The fraction of sp³-hybridized carbons (Fsp3) is 0.188. The molecule has 6 nitrogen and oxygen atoms in total. The summed E-state index contributed by atoms with van der Waals surface area (Å²) in [6, 6.07) is 4.81. The summed E-state index contributed by atoms with van der Waals surface area (Å²) in [6.07, 6.45) is 0. The van der Waals surface area contributed by atoms with Crippen LogP contribution in [-0.2, 0) is 14.8 Å². The minimum absolute atomic E-state index is 0.149. The average molecular weight is 403 g/mol. The number of fused-ring (bicyclic) bond motifs is 1. The van der Waals surface area contributed by atoms with E-state index < -0.39 is 27.3 Å². The van der Waals surface area contributed by atoms with Crippen LogP contribution in [0.3, 0.4) is 0 Å². The monoisotopic (exact) mass is 402 g/mol. The number of hydrogen-bond donors (Lipinski definition) is 1. The Balaban J connectivity index is 2.03. The van der Waals surface area contributed by atoms with Gasteiger partial charge in [0, 0.05) is 19.1 Å². The third-order valence-corrected chi connectivity index (χ3v) is 5.55. The Hall–Kier alpha value is -2.39. The maximum Gasteiger partial charge on any atom is 0.263 e. The van der Waals surface area contributed by atoms with E-state index in [0.29, 0.717) is 18.3 Å². The topological polar surface area (TPSA) is 75.7 Å². The van der Waals surface area contributed by atoms with E-state index in [4.69, 9.17) is 16.3 Å². The van der Waals surface area contributed by atoms with E-state index in [9.17, 15) is 22.0 Å². The van der Waals surface area contributed by atoms with Crippen LogP contribution in [0.5, 0.6) is 5.75 Å². The Bertz CT molecular complexity index is 998. The van der Waals surface area contributed by atoms with Gasteiger partial charge in [0.05, 0.1) is 22.9 Å². The van der Waals surface area contributed by atoms with E-state index in [1.165, 1.54) is 17.9 Å². The largest absolute Gasteiger partial charge is 0.489 e. The number of nitrogens with one attached hydrogen (secondary N) is 1. The molecule has 1 amide bonds. The van der Waals surface area contributed by atoms with Crippen LogP contribution in [0.4, 0.5) is 20.2 Å². The fourth-order valence-corrected chi connectivity index (χ4v) is 4.12. The highest BCUT2D eigenvalue weighted by Crippen LogP contribution is 2.38. The predicted octanol–water partition coefficient (Wildman–Crippen LogP) is 3.16. The van der Waals surface area contributed by atoms with Crippen molar-refractivity contribution in [1.29, 1.82) is 0 Å². The molecule has 0 spiro atoms. The van der Waals surface area contributed by atoms with Gasteiger partial charge in [0.2, 0.25) is 5.91 Å². The highest BCUT2D eigenvalue weighted by molar-refractivity contribution is 7.92. The molecule has 0 radical (unpaired) electrons. The third-order valence-electron chi connectivity index (χ3n) is 3.72. The molecule has 1 N–H and O–H groups in total. The minimum Gasteiger partial charge on any atom is -0.489 e. The Labute approximate surface area is 153 Å². The van der Waals surface area contributed by atoms with Crippen LogP contribution in [0.1, 0.15) is 6.92 Å². The van der Waals surface area contributed by atoms with Crippen molar-refractivity contribution in [3.05, 3.63) is 47.0 Å². The van der Waals surface area contributed by atoms with Gasteiger partial charge in [-0.15, -0.1) is 0 Å². The molecule has 0 atom stereocenters. The second kappa shape index (κ2) is 6.73. The molecule has 1 heterocycles. The quantitative estimate of drug-likeness (QED) is 0.855. The number of hydrogen-bond acceptors (Lipinski definition) is 4. The summed E-state index contributed by atoms with van der Waals surface area (Å²) in [4.78, 5) is 12.7. The fourth-order valence-electron chi connectivity index (χ4n) is 2.53. The summed E-state index contributed by atoms with van der Waals surface area (Å²) >= 11 is 6.07. The predicted molar refractivity (Wildman–Crippen MR) is 92.1 cm³/mol. The van der Waals surface area contributed by atoms with Crippen molar-refractivity contribution >= 4 is 38.9 Å². The molecule has 3 rings (SSSR count). The minimum atomic E-state index is -4.33. The average Bonchev–Trinajstić information content (AvgIpc) is 2.56. The van der Waals surface area contributed by atoms with Gasteiger partial charge in [0.1, 0.15) is 28.9 Å². The maximum absolute atomic E-state index is 13.7. The zero-order valence-electron chi connectivity index (χ0n) is 13.4. The molecule has 26 heavy (non-hydrogen) atoms. The molecule has 2 aromatic rings. The van der Waals surface area contributed by atoms with Gasteiger partial charge < -0.3 is 9.64 Å². The standard InChI is InChI=1S/C16H13ClF2N2O4S/c1-9(22)21-4-5-25-15-8-16(11(17)7-14(15)21)26(23,24)20-13-6-10(18)2-3-12(13)19/h2-3,6-8,20H,4-5H2,1H3. The molecule has 10 heteroatoms. The van der Waals surface area contributed by atoms with Gasteiger partial charge in [-0.25, -0.2) is 17.2 Å². The van der Waals surface area contributed by atoms with Crippen LogP contribution in [0.2, 0.25) is 5.02 Å². The number of nitrogens with zero attached hydrogens (tertiary/aromatic N) is 1.